The van der Waals surface area contributed by atoms with Crippen molar-refractivity contribution < 1.29 is 9.50 Å². The smallest absolute Gasteiger partial charge is 0.131 e. The molecular formula is C17H19FO. The van der Waals surface area contributed by atoms with E-state index in [-0.39, 0.29) is 17.8 Å². The van der Waals surface area contributed by atoms with E-state index in [0.29, 0.717) is 5.56 Å². The van der Waals surface area contributed by atoms with E-state index in [1.807, 2.05) is 24.3 Å². The normalized spacial score (nSPS) is 11.6. The minimum absolute atomic E-state index is 0.0760. The van der Waals surface area contributed by atoms with Crippen LogP contribution in [0.4, 0.5) is 4.39 Å². The maximum absolute atomic E-state index is 13.8. The van der Waals surface area contributed by atoms with Crippen molar-refractivity contribution in [3.05, 3.63) is 59.4 Å². The molecule has 0 bridgehead atoms. The molecule has 0 aromatic heterocycles. The molecule has 0 atom stereocenters. The molecule has 2 aromatic rings. The van der Waals surface area contributed by atoms with Gasteiger partial charge in [-0.1, -0.05) is 51.1 Å². The Morgan fingerprint density at radius 3 is 2.16 bits per heavy atom. The van der Waals surface area contributed by atoms with Crippen LogP contribution in [0.3, 0.4) is 0 Å². The van der Waals surface area contributed by atoms with Crippen LogP contribution < -0.4 is 0 Å². The van der Waals surface area contributed by atoms with Crippen LogP contribution in [-0.4, -0.2) is 5.11 Å². The second-order valence-corrected chi connectivity index (χ2v) is 5.80. The van der Waals surface area contributed by atoms with Gasteiger partial charge in [0.25, 0.3) is 0 Å². The summed E-state index contributed by atoms with van der Waals surface area (Å²) < 4.78 is 13.8. The monoisotopic (exact) mass is 258 g/mol. The van der Waals surface area contributed by atoms with Gasteiger partial charge in [0.15, 0.2) is 0 Å². The van der Waals surface area contributed by atoms with E-state index < -0.39 is 0 Å². The first kappa shape index (κ1) is 13.8. The summed E-state index contributed by atoms with van der Waals surface area (Å²) in [7, 11) is 0. The first-order valence-corrected chi connectivity index (χ1v) is 6.42. The Morgan fingerprint density at radius 1 is 1.00 bits per heavy atom. The minimum Gasteiger partial charge on any atom is -0.392 e. The van der Waals surface area contributed by atoms with Crippen molar-refractivity contribution in [1.82, 2.24) is 0 Å². The second kappa shape index (κ2) is 5.14. The lowest BCUT2D eigenvalue weighted by molar-refractivity contribution is 0.282. The van der Waals surface area contributed by atoms with Crippen molar-refractivity contribution in [2.75, 3.05) is 0 Å². The number of aliphatic hydroxyl groups is 1. The molecule has 0 aliphatic carbocycles. The van der Waals surface area contributed by atoms with Gasteiger partial charge in [-0.15, -0.1) is 0 Å². The fraction of sp³-hybridized carbons (Fsp3) is 0.294. The SMILES string of the molecule is CC(C)(C)c1ccc(-c2cc(CO)ccc2F)cc1. The Labute approximate surface area is 113 Å². The van der Waals surface area contributed by atoms with Crippen LogP contribution in [0.15, 0.2) is 42.5 Å². The van der Waals surface area contributed by atoms with Crippen LogP contribution in [0.5, 0.6) is 0 Å². The van der Waals surface area contributed by atoms with Crippen LogP contribution in [0.25, 0.3) is 11.1 Å². The third kappa shape index (κ3) is 3.02. The van der Waals surface area contributed by atoms with Crippen LogP contribution in [0, 0.1) is 5.82 Å². The van der Waals surface area contributed by atoms with Gasteiger partial charge in [-0.25, -0.2) is 4.39 Å². The predicted octanol–water partition coefficient (Wildman–Crippen LogP) is 4.28. The van der Waals surface area contributed by atoms with Crippen molar-refractivity contribution >= 4 is 0 Å². The van der Waals surface area contributed by atoms with Gasteiger partial charge in [0, 0.05) is 5.56 Å². The molecular weight excluding hydrogens is 239 g/mol. The Kier molecular flexibility index (Phi) is 3.72. The molecule has 2 heteroatoms. The highest BCUT2D eigenvalue weighted by molar-refractivity contribution is 5.65. The third-order valence-electron chi connectivity index (χ3n) is 3.28. The summed E-state index contributed by atoms with van der Waals surface area (Å²) >= 11 is 0. The lowest BCUT2D eigenvalue weighted by Crippen LogP contribution is -2.10. The zero-order chi connectivity index (χ0) is 14.0. The predicted molar refractivity (Wildman–Crippen MR) is 76.5 cm³/mol. The Morgan fingerprint density at radius 2 is 1.63 bits per heavy atom. The molecule has 100 valence electrons. The van der Waals surface area contributed by atoms with Gasteiger partial charge in [-0.3, -0.25) is 0 Å². The molecule has 2 aromatic carbocycles. The molecule has 0 spiro atoms. The number of rotatable bonds is 2. The van der Waals surface area contributed by atoms with Crippen molar-refractivity contribution in [3.63, 3.8) is 0 Å². The van der Waals surface area contributed by atoms with Crippen LogP contribution >= 0.6 is 0 Å². The summed E-state index contributed by atoms with van der Waals surface area (Å²) in [5.74, 6) is -0.263. The Hall–Kier alpha value is -1.67. The molecule has 0 amide bonds. The molecule has 1 N–H and O–H groups in total. The second-order valence-electron chi connectivity index (χ2n) is 5.80. The van der Waals surface area contributed by atoms with E-state index >= 15 is 0 Å². The van der Waals surface area contributed by atoms with E-state index in [2.05, 4.69) is 20.8 Å². The molecule has 1 nitrogen and oxygen atoms in total. The molecule has 19 heavy (non-hydrogen) atoms. The van der Waals surface area contributed by atoms with Crippen molar-refractivity contribution in [1.29, 1.82) is 0 Å². The first-order chi connectivity index (χ1) is 8.91. The van der Waals surface area contributed by atoms with Crippen molar-refractivity contribution in [3.8, 4) is 11.1 Å². The first-order valence-electron chi connectivity index (χ1n) is 6.42. The van der Waals surface area contributed by atoms with Crippen molar-refractivity contribution in [2.24, 2.45) is 0 Å². The molecule has 0 aliphatic heterocycles. The summed E-state index contributed by atoms with van der Waals surface area (Å²) in [6, 6.07) is 12.6. The largest absolute Gasteiger partial charge is 0.392 e. The van der Waals surface area contributed by atoms with E-state index in [4.69, 9.17) is 5.11 Å². The molecule has 2 rings (SSSR count). The Bertz CT molecular complexity index is 565. The number of hydrogen-bond acceptors (Lipinski definition) is 1. The van der Waals surface area contributed by atoms with Gasteiger partial charge in [0.2, 0.25) is 0 Å². The number of hydrogen-bond donors (Lipinski definition) is 1. The molecule has 0 heterocycles. The zero-order valence-electron chi connectivity index (χ0n) is 11.6. The minimum atomic E-state index is -0.263. The summed E-state index contributed by atoms with van der Waals surface area (Å²) in [5, 5.41) is 9.13. The zero-order valence-corrected chi connectivity index (χ0v) is 11.6. The van der Waals surface area contributed by atoms with E-state index in [1.165, 1.54) is 11.6 Å². The topological polar surface area (TPSA) is 20.2 Å². The highest BCUT2D eigenvalue weighted by Gasteiger charge is 2.14. The summed E-state index contributed by atoms with van der Waals surface area (Å²) in [6.45, 7) is 6.37. The van der Waals surface area contributed by atoms with Gasteiger partial charge < -0.3 is 5.11 Å². The molecule has 0 saturated carbocycles. The molecule has 0 fully saturated rings. The highest BCUT2D eigenvalue weighted by Crippen LogP contribution is 2.28. The van der Waals surface area contributed by atoms with Crippen molar-refractivity contribution in [2.45, 2.75) is 32.8 Å². The van der Waals surface area contributed by atoms with Gasteiger partial charge in [0.05, 0.1) is 6.61 Å². The highest BCUT2D eigenvalue weighted by atomic mass is 19.1. The van der Waals surface area contributed by atoms with E-state index in [9.17, 15) is 4.39 Å². The summed E-state index contributed by atoms with van der Waals surface area (Å²) in [4.78, 5) is 0. The Balaban J connectivity index is 2.42. The van der Waals surface area contributed by atoms with Crippen LogP contribution in [0.1, 0.15) is 31.9 Å². The summed E-state index contributed by atoms with van der Waals surface area (Å²) in [6.07, 6.45) is 0. The molecule has 0 unspecified atom stereocenters. The maximum Gasteiger partial charge on any atom is 0.131 e. The molecule has 0 aliphatic rings. The standard InChI is InChI=1S/C17H19FO/c1-17(2,3)14-7-5-13(6-8-14)15-10-12(11-19)4-9-16(15)18/h4-10,19H,11H2,1-3H3. The quantitative estimate of drug-likeness (QED) is 0.852. The maximum atomic E-state index is 13.8. The van der Waals surface area contributed by atoms with E-state index in [1.54, 1.807) is 12.1 Å². The fourth-order valence-corrected chi connectivity index (χ4v) is 2.04. The van der Waals surface area contributed by atoms with Gasteiger partial charge in [-0.2, -0.15) is 0 Å². The average Bonchev–Trinajstić information content (AvgIpc) is 2.38. The average molecular weight is 258 g/mol. The number of benzene rings is 2. The number of halogens is 1. The van der Waals surface area contributed by atoms with Gasteiger partial charge in [-0.05, 0) is 34.2 Å². The fourth-order valence-electron chi connectivity index (χ4n) is 2.04. The van der Waals surface area contributed by atoms with Crippen LogP contribution in [-0.2, 0) is 12.0 Å². The molecule has 0 radical (unpaired) electrons. The van der Waals surface area contributed by atoms with Crippen LogP contribution in [0.2, 0.25) is 0 Å². The van der Waals surface area contributed by atoms with Gasteiger partial charge in [0.1, 0.15) is 5.82 Å². The number of aliphatic hydroxyl groups excluding tert-OH is 1. The third-order valence-corrected chi connectivity index (χ3v) is 3.28. The summed E-state index contributed by atoms with van der Waals surface area (Å²) in [5.41, 5.74) is 3.39. The molecule has 0 saturated heterocycles. The van der Waals surface area contributed by atoms with E-state index in [0.717, 1.165) is 11.1 Å². The lowest BCUT2D eigenvalue weighted by Gasteiger charge is -2.19. The van der Waals surface area contributed by atoms with Gasteiger partial charge >= 0.3 is 0 Å². The lowest BCUT2D eigenvalue weighted by atomic mass is 9.86.